The molecule has 3 unspecified atom stereocenters. The molecule has 0 aromatic heterocycles. The monoisotopic (exact) mass is 339 g/mol. The maximum Gasteiger partial charge on any atom is 0.137 e. The highest BCUT2D eigenvalue weighted by molar-refractivity contribution is 9.11. The fourth-order valence-electron chi connectivity index (χ4n) is 2.94. The molecule has 0 aliphatic heterocycles. The summed E-state index contributed by atoms with van der Waals surface area (Å²) in [4.78, 5) is 12.4. The summed E-state index contributed by atoms with van der Waals surface area (Å²) in [7, 11) is 0. The van der Waals surface area contributed by atoms with Gasteiger partial charge in [-0.05, 0) is 36.1 Å². The third kappa shape index (κ3) is 5.79. The Labute approximate surface area is 131 Å². The summed E-state index contributed by atoms with van der Waals surface area (Å²) in [6, 6.07) is 2.33. The molecule has 0 saturated heterocycles. The Balaban J connectivity index is 2.50. The Hall–Kier alpha value is -0.620. The van der Waals surface area contributed by atoms with E-state index in [-0.39, 0.29) is 23.5 Å². The molecule has 0 aromatic rings. The second-order valence-corrected chi connectivity index (χ2v) is 7.01. The van der Waals surface area contributed by atoms with Crippen molar-refractivity contribution in [3.8, 4) is 6.07 Å². The molecule has 3 heteroatoms. The van der Waals surface area contributed by atoms with E-state index in [9.17, 15) is 4.79 Å². The Morgan fingerprint density at radius 1 is 1.45 bits per heavy atom. The van der Waals surface area contributed by atoms with Gasteiger partial charge in [-0.1, -0.05) is 55.1 Å². The van der Waals surface area contributed by atoms with E-state index < -0.39 is 0 Å². The number of carbonyl (C=O) groups is 1. The third-order valence-electron chi connectivity index (χ3n) is 4.10. The maximum atomic E-state index is 12.4. The van der Waals surface area contributed by atoms with Crippen molar-refractivity contribution in [3.63, 3.8) is 0 Å². The molecule has 0 bridgehead atoms. The summed E-state index contributed by atoms with van der Waals surface area (Å²) in [6.45, 7) is 4.27. The Morgan fingerprint density at radius 2 is 2.15 bits per heavy atom. The van der Waals surface area contributed by atoms with Gasteiger partial charge in [0.05, 0.1) is 12.0 Å². The van der Waals surface area contributed by atoms with E-state index in [0.29, 0.717) is 6.42 Å². The SMILES string of the molecule is CCCC/C(Br)=C/C(C)CC(=O)C1CCCCC1C#N. The number of nitriles is 1. The highest BCUT2D eigenvalue weighted by Crippen LogP contribution is 2.32. The van der Waals surface area contributed by atoms with E-state index in [2.05, 4.69) is 41.9 Å². The van der Waals surface area contributed by atoms with Gasteiger partial charge in [0.15, 0.2) is 0 Å². The summed E-state index contributed by atoms with van der Waals surface area (Å²) in [6.07, 6.45) is 10.2. The molecule has 0 N–H and O–H groups in total. The Morgan fingerprint density at radius 3 is 2.80 bits per heavy atom. The molecule has 112 valence electrons. The lowest BCUT2D eigenvalue weighted by Crippen LogP contribution is -2.27. The molecule has 1 saturated carbocycles. The highest BCUT2D eigenvalue weighted by atomic mass is 79.9. The maximum absolute atomic E-state index is 12.4. The van der Waals surface area contributed by atoms with Gasteiger partial charge >= 0.3 is 0 Å². The van der Waals surface area contributed by atoms with E-state index in [1.165, 1.54) is 17.3 Å². The summed E-state index contributed by atoms with van der Waals surface area (Å²) in [5, 5.41) is 9.17. The highest BCUT2D eigenvalue weighted by Gasteiger charge is 2.30. The zero-order valence-corrected chi connectivity index (χ0v) is 14.3. The van der Waals surface area contributed by atoms with Gasteiger partial charge in [0.2, 0.25) is 0 Å². The van der Waals surface area contributed by atoms with Crippen molar-refractivity contribution in [2.24, 2.45) is 17.8 Å². The summed E-state index contributed by atoms with van der Waals surface area (Å²) >= 11 is 3.59. The second-order valence-electron chi connectivity index (χ2n) is 5.99. The van der Waals surface area contributed by atoms with Crippen molar-refractivity contribution in [1.82, 2.24) is 0 Å². The van der Waals surface area contributed by atoms with Crippen LogP contribution in [0.4, 0.5) is 0 Å². The number of nitrogens with zero attached hydrogens (tertiary/aromatic N) is 1. The number of halogens is 1. The van der Waals surface area contributed by atoms with Gasteiger partial charge in [-0.25, -0.2) is 0 Å². The van der Waals surface area contributed by atoms with Crippen LogP contribution in [0.1, 0.15) is 65.2 Å². The lowest BCUT2D eigenvalue weighted by atomic mass is 9.76. The number of hydrogen-bond acceptors (Lipinski definition) is 2. The van der Waals surface area contributed by atoms with Gasteiger partial charge in [0.1, 0.15) is 5.78 Å². The molecule has 3 atom stereocenters. The van der Waals surface area contributed by atoms with Crippen LogP contribution in [0.2, 0.25) is 0 Å². The van der Waals surface area contributed by atoms with Crippen molar-refractivity contribution >= 4 is 21.7 Å². The average Bonchev–Trinajstić information content (AvgIpc) is 2.44. The average molecular weight is 340 g/mol. The molecule has 1 aliphatic carbocycles. The van der Waals surface area contributed by atoms with E-state index in [0.717, 1.165) is 32.1 Å². The van der Waals surface area contributed by atoms with E-state index >= 15 is 0 Å². The molecule has 0 spiro atoms. The lowest BCUT2D eigenvalue weighted by molar-refractivity contribution is -0.125. The lowest BCUT2D eigenvalue weighted by Gasteiger charge is -2.26. The predicted molar refractivity (Wildman–Crippen MR) is 86.4 cm³/mol. The second kappa shape index (κ2) is 9.34. The topological polar surface area (TPSA) is 40.9 Å². The van der Waals surface area contributed by atoms with Crippen LogP contribution in [-0.4, -0.2) is 5.78 Å². The number of hydrogen-bond donors (Lipinski definition) is 0. The molecule has 20 heavy (non-hydrogen) atoms. The fourth-order valence-corrected chi connectivity index (χ4v) is 3.67. The molecule has 1 rings (SSSR count). The van der Waals surface area contributed by atoms with Crippen molar-refractivity contribution in [3.05, 3.63) is 10.6 Å². The van der Waals surface area contributed by atoms with Crippen molar-refractivity contribution in [2.75, 3.05) is 0 Å². The van der Waals surface area contributed by atoms with E-state index in [1.54, 1.807) is 0 Å². The van der Waals surface area contributed by atoms with Gasteiger partial charge in [0.25, 0.3) is 0 Å². The molecule has 0 heterocycles. The van der Waals surface area contributed by atoms with Crippen molar-refractivity contribution in [1.29, 1.82) is 5.26 Å². The Kier molecular flexibility index (Phi) is 8.14. The van der Waals surface area contributed by atoms with Crippen LogP contribution >= 0.6 is 15.9 Å². The van der Waals surface area contributed by atoms with Gasteiger partial charge in [-0.2, -0.15) is 5.26 Å². The van der Waals surface area contributed by atoms with Crippen LogP contribution in [0.25, 0.3) is 0 Å². The number of unbranched alkanes of at least 4 members (excludes halogenated alkanes) is 1. The van der Waals surface area contributed by atoms with Crippen LogP contribution in [0.15, 0.2) is 10.6 Å². The summed E-state index contributed by atoms with van der Waals surface area (Å²) in [5.74, 6) is 0.487. The molecule has 0 aromatic carbocycles. The summed E-state index contributed by atoms with van der Waals surface area (Å²) in [5.41, 5.74) is 0. The van der Waals surface area contributed by atoms with Gasteiger partial charge in [-0.15, -0.1) is 0 Å². The smallest absolute Gasteiger partial charge is 0.137 e. The van der Waals surface area contributed by atoms with Crippen molar-refractivity contribution in [2.45, 2.75) is 65.2 Å². The third-order valence-corrected chi connectivity index (χ3v) is 4.76. The standard InChI is InChI=1S/C17H26BrNO/c1-3-4-8-15(18)10-13(2)11-17(20)16-9-6-5-7-14(16)12-19/h10,13-14,16H,3-9,11H2,1-2H3/b15-10-. The molecule has 1 fully saturated rings. The first-order valence-corrected chi connectivity index (χ1v) is 8.66. The first-order valence-electron chi connectivity index (χ1n) is 7.87. The molecule has 0 amide bonds. The van der Waals surface area contributed by atoms with Crippen molar-refractivity contribution < 1.29 is 4.79 Å². The van der Waals surface area contributed by atoms with E-state index in [1.807, 2.05) is 0 Å². The van der Waals surface area contributed by atoms with Crippen LogP contribution in [-0.2, 0) is 4.79 Å². The summed E-state index contributed by atoms with van der Waals surface area (Å²) < 4.78 is 1.21. The predicted octanol–water partition coefficient (Wildman–Crippen LogP) is 5.38. The number of ketones is 1. The number of rotatable bonds is 7. The minimum absolute atomic E-state index is 0.0148. The zero-order valence-electron chi connectivity index (χ0n) is 12.7. The largest absolute Gasteiger partial charge is 0.299 e. The minimum atomic E-state index is -0.0454. The molecular weight excluding hydrogens is 314 g/mol. The van der Waals surface area contributed by atoms with Gasteiger partial charge in [0, 0.05) is 12.3 Å². The molecule has 1 aliphatic rings. The van der Waals surface area contributed by atoms with Gasteiger partial charge in [-0.3, -0.25) is 4.79 Å². The quantitative estimate of drug-likeness (QED) is 0.624. The van der Waals surface area contributed by atoms with Crippen LogP contribution in [0.5, 0.6) is 0 Å². The van der Waals surface area contributed by atoms with Crippen LogP contribution < -0.4 is 0 Å². The first-order chi connectivity index (χ1) is 9.58. The van der Waals surface area contributed by atoms with Crippen LogP contribution in [0, 0.1) is 29.1 Å². The molecule has 0 radical (unpaired) electrons. The minimum Gasteiger partial charge on any atom is -0.299 e. The number of Topliss-reactive ketones (excluding diaryl/α,β-unsaturated/α-hetero) is 1. The van der Waals surface area contributed by atoms with Crippen LogP contribution in [0.3, 0.4) is 0 Å². The normalized spacial score (nSPS) is 25.0. The Bertz CT molecular complexity index is 383. The molecule has 2 nitrogen and oxygen atoms in total. The fraction of sp³-hybridized carbons (Fsp3) is 0.765. The van der Waals surface area contributed by atoms with Gasteiger partial charge < -0.3 is 0 Å². The number of allylic oxidation sites excluding steroid dienone is 2. The number of carbonyl (C=O) groups excluding carboxylic acids is 1. The first kappa shape index (κ1) is 17.4. The molecular formula is C17H26BrNO. The van der Waals surface area contributed by atoms with E-state index in [4.69, 9.17) is 5.26 Å². The zero-order chi connectivity index (χ0) is 15.0.